The summed E-state index contributed by atoms with van der Waals surface area (Å²) in [5.74, 6) is -0.790. The van der Waals surface area contributed by atoms with Gasteiger partial charge in [-0.1, -0.05) is 17.8 Å². The number of hydrogen-bond donors (Lipinski definition) is 1. The number of nitrogens with zero attached hydrogens (tertiary/aromatic N) is 2. The van der Waals surface area contributed by atoms with Gasteiger partial charge in [-0.3, -0.25) is 4.79 Å². The fourth-order valence-electron chi connectivity index (χ4n) is 1.50. The summed E-state index contributed by atoms with van der Waals surface area (Å²) < 4.78 is 2.00. The van der Waals surface area contributed by atoms with Gasteiger partial charge in [-0.05, 0) is 18.4 Å². The van der Waals surface area contributed by atoms with Crippen LogP contribution in [0.1, 0.15) is 17.8 Å². The number of carboxylic acids is 1. The summed E-state index contributed by atoms with van der Waals surface area (Å²) in [7, 11) is 0. The van der Waals surface area contributed by atoms with Gasteiger partial charge < -0.3 is 9.67 Å². The van der Waals surface area contributed by atoms with Crippen molar-refractivity contribution in [2.45, 2.75) is 18.1 Å². The molecule has 17 heavy (non-hydrogen) atoms. The standard InChI is InChI=1S/C11H12N2O2S2/c1-8(9-3-2-6-16-9)13-5-4-12-11(13)17-7-10(14)15/h2-6,8H,7H2,1H3,(H,14,15). The van der Waals surface area contributed by atoms with Crippen molar-refractivity contribution >= 4 is 29.1 Å². The second kappa shape index (κ2) is 5.37. The van der Waals surface area contributed by atoms with E-state index in [4.69, 9.17) is 5.11 Å². The molecule has 1 unspecified atom stereocenters. The van der Waals surface area contributed by atoms with Gasteiger partial charge in [0.25, 0.3) is 0 Å². The Morgan fingerprint density at radius 3 is 3.18 bits per heavy atom. The van der Waals surface area contributed by atoms with Gasteiger partial charge >= 0.3 is 5.97 Å². The van der Waals surface area contributed by atoms with Crippen molar-refractivity contribution in [3.8, 4) is 0 Å². The average Bonchev–Trinajstić information content (AvgIpc) is 2.96. The second-order valence-corrected chi connectivity index (χ2v) is 5.41. The molecule has 0 bridgehead atoms. The first-order valence-electron chi connectivity index (χ1n) is 5.09. The van der Waals surface area contributed by atoms with Gasteiger partial charge in [0.05, 0.1) is 11.8 Å². The van der Waals surface area contributed by atoms with Gasteiger partial charge in [0, 0.05) is 17.3 Å². The van der Waals surface area contributed by atoms with E-state index in [1.807, 2.05) is 22.2 Å². The molecule has 4 nitrogen and oxygen atoms in total. The van der Waals surface area contributed by atoms with E-state index >= 15 is 0 Å². The van der Waals surface area contributed by atoms with Gasteiger partial charge in [-0.25, -0.2) is 4.98 Å². The molecular weight excluding hydrogens is 256 g/mol. The number of rotatable bonds is 5. The first-order valence-corrected chi connectivity index (χ1v) is 6.96. The van der Waals surface area contributed by atoms with Crippen LogP contribution in [-0.2, 0) is 4.79 Å². The van der Waals surface area contributed by atoms with E-state index in [-0.39, 0.29) is 11.8 Å². The SMILES string of the molecule is CC(c1cccs1)n1ccnc1SCC(=O)O. The fourth-order valence-corrected chi connectivity index (χ4v) is 3.04. The van der Waals surface area contributed by atoms with Crippen LogP contribution in [0.25, 0.3) is 0 Å². The smallest absolute Gasteiger partial charge is 0.313 e. The van der Waals surface area contributed by atoms with Crippen molar-refractivity contribution < 1.29 is 9.90 Å². The summed E-state index contributed by atoms with van der Waals surface area (Å²) in [4.78, 5) is 16.0. The van der Waals surface area contributed by atoms with Crippen molar-refractivity contribution in [2.24, 2.45) is 0 Å². The van der Waals surface area contributed by atoms with Crippen LogP contribution >= 0.6 is 23.1 Å². The van der Waals surface area contributed by atoms with Crippen molar-refractivity contribution in [1.82, 2.24) is 9.55 Å². The van der Waals surface area contributed by atoms with Crippen LogP contribution in [0.3, 0.4) is 0 Å². The van der Waals surface area contributed by atoms with Gasteiger partial charge in [0.1, 0.15) is 0 Å². The van der Waals surface area contributed by atoms with Crippen LogP contribution < -0.4 is 0 Å². The predicted octanol–water partition coefficient (Wildman–Crippen LogP) is 2.73. The molecule has 0 spiro atoms. The molecule has 0 saturated heterocycles. The highest BCUT2D eigenvalue weighted by Crippen LogP contribution is 2.27. The van der Waals surface area contributed by atoms with Gasteiger partial charge in [-0.2, -0.15) is 0 Å². The molecule has 0 aliphatic carbocycles. The summed E-state index contributed by atoms with van der Waals surface area (Å²) in [5.41, 5.74) is 0. The lowest BCUT2D eigenvalue weighted by atomic mass is 10.3. The lowest BCUT2D eigenvalue weighted by Crippen LogP contribution is -2.07. The molecular formula is C11H12N2O2S2. The van der Waals surface area contributed by atoms with Crippen LogP contribution in [0.4, 0.5) is 0 Å². The van der Waals surface area contributed by atoms with E-state index < -0.39 is 5.97 Å². The number of thiophene rings is 1. The highest BCUT2D eigenvalue weighted by Gasteiger charge is 2.13. The maximum Gasteiger partial charge on any atom is 0.313 e. The van der Waals surface area contributed by atoms with Gasteiger partial charge in [0.2, 0.25) is 0 Å². The zero-order valence-electron chi connectivity index (χ0n) is 9.24. The van der Waals surface area contributed by atoms with Crippen molar-refractivity contribution in [3.05, 3.63) is 34.8 Å². The lowest BCUT2D eigenvalue weighted by Gasteiger charge is -2.13. The third-order valence-electron chi connectivity index (χ3n) is 2.33. The minimum atomic E-state index is -0.826. The third kappa shape index (κ3) is 2.89. The Balaban J connectivity index is 2.16. The summed E-state index contributed by atoms with van der Waals surface area (Å²) in [6, 6.07) is 4.27. The normalized spacial score (nSPS) is 12.5. The number of carbonyl (C=O) groups is 1. The molecule has 0 radical (unpaired) electrons. The largest absolute Gasteiger partial charge is 0.481 e. The molecule has 6 heteroatoms. The molecule has 2 aromatic heterocycles. The van der Waals surface area contributed by atoms with Crippen molar-refractivity contribution in [1.29, 1.82) is 0 Å². The zero-order chi connectivity index (χ0) is 12.3. The highest BCUT2D eigenvalue weighted by molar-refractivity contribution is 7.99. The third-order valence-corrected chi connectivity index (χ3v) is 4.34. The first-order chi connectivity index (χ1) is 8.18. The summed E-state index contributed by atoms with van der Waals surface area (Å²) in [6.07, 6.45) is 3.59. The maximum absolute atomic E-state index is 10.5. The predicted molar refractivity (Wildman–Crippen MR) is 68.7 cm³/mol. The van der Waals surface area contributed by atoms with Gasteiger partial charge in [-0.15, -0.1) is 11.3 Å². The molecule has 1 atom stereocenters. The Morgan fingerprint density at radius 1 is 1.71 bits per heavy atom. The second-order valence-electron chi connectivity index (χ2n) is 3.49. The molecule has 0 saturated carbocycles. The molecule has 2 heterocycles. The molecule has 0 aliphatic rings. The molecule has 0 aromatic carbocycles. The van der Waals surface area contributed by atoms with E-state index in [9.17, 15) is 4.79 Å². The molecule has 90 valence electrons. The lowest BCUT2D eigenvalue weighted by molar-refractivity contribution is -0.133. The number of thioether (sulfide) groups is 1. The molecule has 2 rings (SSSR count). The van der Waals surface area contributed by atoms with E-state index in [0.29, 0.717) is 0 Å². The Morgan fingerprint density at radius 2 is 2.53 bits per heavy atom. The minimum Gasteiger partial charge on any atom is -0.481 e. The number of hydrogen-bond acceptors (Lipinski definition) is 4. The molecule has 0 amide bonds. The summed E-state index contributed by atoms with van der Waals surface area (Å²) in [5, 5.41) is 11.4. The minimum absolute atomic E-state index is 0.0359. The molecule has 1 N–H and O–H groups in total. The average molecular weight is 268 g/mol. The topological polar surface area (TPSA) is 55.1 Å². The molecule has 2 aromatic rings. The quantitative estimate of drug-likeness (QED) is 0.847. The zero-order valence-corrected chi connectivity index (χ0v) is 10.9. The number of imidazole rings is 1. The molecule has 0 fully saturated rings. The Bertz CT molecular complexity index is 493. The Labute approximate surface area is 107 Å². The van der Waals surface area contributed by atoms with Crippen LogP contribution in [0.2, 0.25) is 0 Å². The summed E-state index contributed by atoms with van der Waals surface area (Å²) in [6.45, 7) is 2.08. The Hall–Kier alpha value is -1.27. The van der Waals surface area contributed by atoms with Crippen molar-refractivity contribution in [2.75, 3.05) is 5.75 Å². The summed E-state index contributed by atoms with van der Waals surface area (Å²) >= 11 is 2.93. The van der Waals surface area contributed by atoms with Crippen LogP contribution in [0, 0.1) is 0 Å². The van der Waals surface area contributed by atoms with Crippen LogP contribution in [0.5, 0.6) is 0 Å². The maximum atomic E-state index is 10.5. The fraction of sp³-hybridized carbons (Fsp3) is 0.273. The van der Waals surface area contributed by atoms with E-state index in [2.05, 4.69) is 18.0 Å². The first kappa shape index (κ1) is 12.2. The van der Waals surface area contributed by atoms with Crippen LogP contribution in [-0.4, -0.2) is 26.4 Å². The number of aliphatic carboxylic acids is 1. The van der Waals surface area contributed by atoms with E-state index in [0.717, 1.165) is 5.16 Å². The Kier molecular flexibility index (Phi) is 3.86. The number of carboxylic acid groups (broad SMARTS) is 1. The van der Waals surface area contributed by atoms with Crippen molar-refractivity contribution in [3.63, 3.8) is 0 Å². The van der Waals surface area contributed by atoms with E-state index in [1.54, 1.807) is 17.5 Å². The monoisotopic (exact) mass is 268 g/mol. The molecule has 0 aliphatic heterocycles. The van der Waals surface area contributed by atoms with E-state index in [1.165, 1.54) is 16.6 Å². The highest BCUT2D eigenvalue weighted by atomic mass is 32.2. The van der Waals surface area contributed by atoms with Crippen LogP contribution in [0.15, 0.2) is 35.1 Å². The number of aromatic nitrogens is 2. The van der Waals surface area contributed by atoms with Gasteiger partial charge in [0.15, 0.2) is 5.16 Å².